The molecule has 14 heavy (non-hydrogen) atoms. The minimum atomic E-state index is -2.46. The Labute approximate surface area is 82.3 Å². The average molecular weight is 200 g/mol. The minimum Gasteiger partial charge on any atom is -0.309 e. The van der Waals surface area contributed by atoms with Gasteiger partial charge in [0.2, 0.25) is 0 Å². The Morgan fingerprint density at radius 2 is 2.00 bits per heavy atom. The molecule has 0 aromatic rings. The SMILES string of the molecule is N#CC1CCCC1NC1CC(F)(F)C1. The highest BCUT2D eigenvalue weighted by atomic mass is 19.3. The molecule has 0 spiro atoms. The maximum absolute atomic E-state index is 12.5. The lowest BCUT2D eigenvalue weighted by Crippen LogP contribution is -2.52. The van der Waals surface area contributed by atoms with Gasteiger partial charge < -0.3 is 5.32 Å². The van der Waals surface area contributed by atoms with Crippen molar-refractivity contribution in [2.75, 3.05) is 0 Å². The standard InChI is InChI=1S/C10H14F2N2/c11-10(12)4-8(5-10)14-9-3-1-2-7(9)6-13/h7-9,14H,1-5H2. The maximum Gasteiger partial charge on any atom is 0.251 e. The van der Waals surface area contributed by atoms with E-state index in [0.29, 0.717) is 0 Å². The first-order valence-electron chi connectivity index (χ1n) is 5.14. The summed E-state index contributed by atoms with van der Waals surface area (Å²) in [7, 11) is 0. The Hall–Kier alpha value is -0.690. The lowest BCUT2D eigenvalue weighted by atomic mass is 9.87. The summed E-state index contributed by atoms with van der Waals surface area (Å²) in [5.74, 6) is -2.43. The molecule has 0 saturated heterocycles. The monoisotopic (exact) mass is 200 g/mol. The molecule has 0 aromatic carbocycles. The second-order valence-corrected chi connectivity index (χ2v) is 4.40. The molecule has 2 aliphatic carbocycles. The van der Waals surface area contributed by atoms with Crippen LogP contribution in [0.5, 0.6) is 0 Å². The molecular formula is C10H14F2N2. The summed E-state index contributed by atoms with van der Waals surface area (Å²) in [5.41, 5.74) is 0. The normalized spacial score (nSPS) is 36.4. The van der Waals surface area contributed by atoms with Gasteiger partial charge in [0.05, 0.1) is 12.0 Å². The van der Waals surface area contributed by atoms with E-state index >= 15 is 0 Å². The highest BCUT2D eigenvalue weighted by Crippen LogP contribution is 2.38. The predicted molar refractivity (Wildman–Crippen MR) is 47.8 cm³/mol. The number of halogens is 2. The molecule has 78 valence electrons. The summed E-state index contributed by atoms with van der Waals surface area (Å²) in [4.78, 5) is 0. The Morgan fingerprint density at radius 1 is 1.29 bits per heavy atom. The van der Waals surface area contributed by atoms with Gasteiger partial charge in [0, 0.05) is 24.9 Å². The number of hydrogen-bond acceptors (Lipinski definition) is 2. The summed E-state index contributed by atoms with van der Waals surface area (Å²) in [5, 5.41) is 12.0. The van der Waals surface area contributed by atoms with Gasteiger partial charge in [0.25, 0.3) is 5.92 Å². The maximum atomic E-state index is 12.5. The number of nitriles is 1. The van der Waals surface area contributed by atoms with Crippen molar-refractivity contribution in [2.24, 2.45) is 5.92 Å². The van der Waals surface area contributed by atoms with Gasteiger partial charge in [-0.05, 0) is 12.8 Å². The van der Waals surface area contributed by atoms with Crippen molar-refractivity contribution in [2.45, 2.75) is 50.1 Å². The topological polar surface area (TPSA) is 35.8 Å². The zero-order chi connectivity index (χ0) is 10.2. The Balaban J connectivity index is 1.79. The van der Waals surface area contributed by atoms with Gasteiger partial charge in [-0.15, -0.1) is 0 Å². The zero-order valence-electron chi connectivity index (χ0n) is 7.97. The third-order valence-electron chi connectivity index (χ3n) is 3.22. The fourth-order valence-corrected chi connectivity index (χ4v) is 2.40. The van der Waals surface area contributed by atoms with Crippen LogP contribution in [-0.2, 0) is 0 Å². The smallest absolute Gasteiger partial charge is 0.251 e. The van der Waals surface area contributed by atoms with Crippen LogP contribution in [0.3, 0.4) is 0 Å². The highest BCUT2D eigenvalue weighted by Gasteiger charge is 2.46. The second-order valence-electron chi connectivity index (χ2n) is 4.40. The molecule has 2 atom stereocenters. The van der Waals surface area contributed by atoms with Crippen molar-refractivity contribution in [3.63, 3.8) is 0 Å². The van der Waals surface area contributed by atoms with Crippen molar-refractivity contribution in [1.82, 2.24) is 5.32 Å². The van der Waals surface area contributed by atoms with Crippen LogP contribution in [0.4, 0.5) is 8.78 Å². The third-order valence-corrected chi connectivity index (χ3v) is 3.22. The predicted octanol–water partition coefficient (Wildman–Crippen LogP) is 2.07. The molecule has 2 unspecified atom stereocenters. The van der Waals surface area contributed by atoms with Gasteiger partial charge in [0.15, 0.2) is 0 Å². The molecule has 0 aliphatic heterocycles. The number of hydrogen-bond donors (Lipinski definition) is 1. The molecular weight excluding hydrogens is 186 g/mol. The fraction of sp³-hybridized carbons (Fsp3) is 0.900. The molecule has 2 rings (SSSR count). The van der Waals surface area contributed by atoms with Crippen LogP contribution in [0.15, 0.2) is 0 Å². The summed E-state index contributed by atoms with van der Waals surface area (Å²) >= 11 is 0. The molecule has 1 N–H and O–H groups in total. The van der Waals surface area contributed by atoms with Crippen molar-refractivity contribution in [3.05, 3.63) is 0 Å². The molecule has 2 aliphatic rings. The molecule has 0 aromatic heterocycles. The van der Waals surface area contributed by atoms with E-state index in [1.165, 1.54) is 0 Å². The van der Waals surface area contributed by atoms with Crippen LogP contribution in [0.25, 0.3) is 0 Å². The first-order valence-corrected chi connectivity index (χ1v) is 5.14. The number of alkyl halides is 2. The van der Waals surface area contributed by atoms with Crippen LogP contribution in [0, 0.1) is 17.2 Å². The summed E-state index contributed by atoms with van der Waals surface area (Å²) < 4.78 is 25.1. The van der Waals surface area contributed by atoms with E-state index in [9.17, 15) is 8.78 Å². The van der Waals surface area contributed by atoms with Crippen LogP contribution >= 0.6 is 0 Å². The van der Waals surface area contributed by atoms with Gasteiger partial charge in [-0.3, -0.25) is 0 Å². The Bertz CT molecular complexity index is 251. The lowest BCUT2D eigenvalue weighted by molar-refractivity contribution is -0.0951. The third kappa shape index (κ3) is 1.88. The zero-order valence-corrected chi connectivity index (χ0v) is 7.97. The van der Waals surface area contributed by atoms with Crippen molar-refractivity contribution in [3.8, 4) is 6.07 Å². The molecule has 2 saturated carbocycles. The van der Waals surface area contributed by atoms with Crippen molar-refractivity contribution < 1.29 is 8.78 Å². The van der Waals surface area contributed by atoms with Gasteiger partial charge in [0.1, 0.15) is 0 Å². The van der Waals surface area contributed by atoms with Gasteiger partial charge in [-0.25, -0.2) is 8.78 Å². The van der Waals surface area contributed by atoms with E-state index in [2.05, 4.69) is 11.4 Å². The molecule has 0 bridgehead atoms. The minimum absolute atomic E-state index is 0.0317. The molecule has 4 heteroatoms. The second kappa shape index (κ2) is 3.47. The largest absolute Gasteiger partial charge is 0.309 e. The van der Waals surface area contributed by atoms with Crippen LogP contribution in [0.2, 0.25) is 0 Å². The first kappa shape index (κ1) is 9.85. The fourth-order valence-electron chi connectivity index (χ4n) is 2.40. The van der Waals surface area contributed by atoms with Crippen molar-refractivity contribution >= 4 is 0 Å². The molecule has 0 radical (unpaired) electrons. The molecule has 2 nitrogen and oxygen atoms in total. The quantitative estimate of drug-likeness (QED) is 0.740. The summed E-state index contributed by atoms with van der Waals surface area (Å²) in [6.07, 6.45) is 2.81. The highest BCUT2D eigenvalue weighted by molar-refractivity contribution is 5.00. The molecule has 2 fully saturated rings. The number of rotatable bonds is 2. The summed E-state index contributed by atoms with van der Waals surface area (Å²) in [6, 6.07) is 2.33. The average Bonchev–Trinajstić information content (AvgIpc) is 2.48. The molecule has 0 heterocycles. The van der Waals surface area contributed by atoms with E-state index in [-0.39, 0.29) is 30.8 Å². The van der Waals surface area contributed by atoms with E-state index in [0.717, 1.165) is 19.3 Å². The Kier molecular flexibility index (Phi) is 2.44. The van der Waals surface area contributed by atoms with Crippen LogP contribution < -0.4 is 5.32 Å². The lowest BCUT2D eigenvalue weighted by Gasteiger charge is -2.37. The number of nitrogens with zero attached hydrogens (tertiary/aromatic N) is 1. The van der Waals surface area contributed by atoms with Crippen molar-refractivity contribution in [1.29, 1.82) is 5.26 Å². The summed E-state index contributed by atoms with van der Waals surface area (Å²) in [6.45, 7) is 0. The number of nitrogens with one attached hydrogen (secondary N) is 1. The van der Waals surface area contributed by atoms with Gasteiger partial charge in [-0.1, -0.05) is 6.42 Å². The van der Waals surface area contributed by atoms with E-state index < -0.39 is 5.92 Å². The Morgan fingerprint density at radius 3 is 2.57 bits per heavy atom. The van der Waals surface area contributed by atoms with Crippen LogP contribution in [0.1, 0.15) is 32.1 Å². The van der Waals surface area contributed by atoms with Gasteiger partial charge in [-0.2, -0.15) is 5.26 Å². The first-order chi connectivity index (χ1) is 6.61. The van der Waals surface area contributed by atoms with E-state index in [1.54, 1.807) is 0 Å². The van der Waals surface area contributed by atoms with Gasteiger partial charge >= 0.3 is 0 Å². The van der Waals surface area contributed by atoms with E-state index in [1.807, 2.05) is 0 Å². The van der Waals surface area contributed by atoms with Crippen LogP contribution in [-0.4, -0.2) is 18.0 Å². The van der Waals surface area contributed by atoms with E-state index in [4.69, 9.17) is 5.26 Å². The molecule has 0 amide bonds.